The Balaban J connectivity index is 1.72. The van der Waals surface area contributed by atoms with Gasteiger partial charge in [-0.05, 0) is 36.2 Å². The van der Waals surface area contributed by atoms with Crippen molar-refractivity contribution in [2.75, 3.05) is 18.5 Å². The third kappa shape index (κ3) is 3.85. The number of rotatable bonds is 4. The van der Waals surface area contributed by atoms with Gasteiger partial charge < -0.3 is 10.2 Å². The van der Waals surface area contributed by atoms with E-state index in [4.69, 9.17) is 0 Å². The van der Waals surface area contributed by atoms with E-state index in [1.165, 1.54) is 18.0 Å². The summed E-state index contributed by atoms with van der Waals surface area (Å²) in [5.74, 6) is -0.574. The van der Waals surface area contributed by atoms with E-state index < -0.39 is 23.9 Å². The van der Waals surface area contributed by atoms with Crippen LogP contribution < -0.4 is 10.2 Å². The molecule has 2 aromatic rings. The predicted molar refractivity (Wildman–Crippen MR) is 88.8 cm³/mol. The lowest BCUT2D eigenvalue weighted by Crippen LogP contribution is -2.55. The second-order valence-electron chi connectivity index (χ2n) is 6.19. The molecule has 0 aliphatic carbocycles. The van der Waals surface area contributed by atoms with Crippen molar-refractivity contribution in [2.45, 2.75) is 24.8 Å². The summed E-state index contributed by atoms with van der Waals surface area (Å²) in [6.45, 7) is 0.367. The average molecular weight is 367 g/mol. The summed E-state index contributed by atoms with van der Waals surface area (Å²) < 4.78 is 51.5. The summed E-state index contributed by atoms with van der Waals surface area (Å²) in [5.41, 5.74) is 0.235. The number of pyridine rings is 1. The molecule has 1 aliphatic rings. The van der Waals surface area contributed by atoms with Crippen molar-refractivity contribution in [3.8, 4) is 0 Å². The second kappa shape index (κ2) is 7.03. The standard InChI is InChI=1S/C18H17F4N3O/c1-25(17(26)12-6-7-23-16(9-12)18(20,21)22)13-4-2-11(3-5-13)8-15-14(19)10-24-15/h2-7,9,14-15,24H,8,10H2,1H3/t14-,15-/m1/s1. The molecule has 1 N–H and O–H groups in total. The highest BCUT2D eigenvalue weighted by molar-refractivity contribution is 6.05. The fraction of sp³-hybridized carbons (Fsp3) is 0.333. The van der Waals surface area contributed by atoms with Gasteiger partial charge in [0.2, 0.25) is 0 Å². The van der Waals surface area contributed by atoms with Crippen molar-refractivity contribution >= 4 is 11.6 Å². The van der Waals surface area contributed by atoms with Gasteiger partial charge in [0.05, 0.1) is 0 Å². The van der Waals surface area contributed by atoms with Crippen LogP contribution in [0.1, 0.15) is 21.6 Å². The van der Waals surface area contributed by atoms with Crippen LogP contribution >= 0.6 is 0 Å². The average Bonchev–Trinajstić information content (AvgIpc) is 2.63. The van der Waals surface area contributed by atoms with Gasteiger partial charge in [-0.1, -0.05) is 12.1 Å². The van der Waals surface area contributed by atoms with E-state index in [0.29, 0.717) is 18.7 Å². The van der Waals surface area contributed by atoms with Gasteiger partial charge in [0.25, 0.3) is 5.91 Å². The SMILES string of the molecule is CN(C(=O)c1ccnc(C(F)(F)F)c1)c1ccc(C[C@H]2NC[C@H]2F)cc1. The Kier molecular flexibility index (Phi) is 4.95. The zero-order valence-corrected chi connectivity index (χ0v) is 13.9. The molecule has 1 fully saturated rings. The van der Waals surface area contributed by atoms with Crippen LogP contribution in [-0.4, -0.2) is 36.7 Å². The molecule has 1 aromatic heterocycles. The van der Waals surface area contributed by atoms with Gasteiger partial charge in [0, 0.05) is 37.1 Å². The molecule has 1 saturated heterocycles. The van der Waals surface area contributed by atoms with E-state index >= 15 is 0 Å². The number of anilines is 1. The quantitative estimate of drug-likeness (QED) is 0.844. The maximum Gasteiger partial charge on any atom is 0.433 e. The Hall–Kier alpha value is -2.48. The molecular weight excluding hydrogens is 350 g/mol. The molecular formula is C18H17F4N3O. The topological polar surface area (TPSA) is 45.2 Å². The number of benzene rings is 1. The van der Waals surface area contributed by atoms with E-state index in [-0.39, 0.29) is 11.6 Å². The summed E-state index contributed by atoms with van der Waals surface area (Å²) in [4.78, 5) is 17.0. The molecule has 0 unspecified atom stereocenters. The maximum absolute atomic E-state index is 13.3. The molecule has 4 nitrogen and oxygen atoms in total. The van der Waals surface area contributed by atoms with Crippen molar-refractivity contribution in [3.63, 3.8) is 0 Å². The Labute approximate surface area is 147 Å². The predicted octanol–water partition coefficient (Wildman–Crippen LogP) is 3.23. The number of carbonyl (C=O) groups excluding carboxylic acids is 1. The van der Waals surface area contributed by atoms with Gasteiger partial charge in [-0.3, -0.25) is 9.78 Å². The third-order valence-electron chi connectivity index (χ3n) is 4.39. The van der Waals surface area contributed by atoms with Gasteiger partial charge in [-0.15, -0.1) is 0 Å². The normalized spacial score (nSPS) is 19.7. The molecule has 0 bridgehead atoms. The van der Waals surface area contributed by atoms with Crippen molar-refractivity contribution in [1.29, 1.82) is 0 Å². The number of carbonyl (C=O) groups is 1. The minimum atomic E-state index is -4.61. The Morgan fingerprint density at radius 3 is 2.50 bits per heavy atom. The summed E-state index contributed by atoms with van der Waals surface area (Å²) >= 11 is 0. The van der Waals surface area contributed by atoms with Crippen LogP contribution in [0.2, 0.25) is 0 Å². The first-order valence-corrected chi connectivity index (χ1v) is 8.03. The Bertz CT molecular complexity index is 792. The molecule has 1 aliphatic heterocycles. The van der Waals surface area contributed by atoms with Crippen molar-refractivity contribution < 1.29 is 22.4 Å². The zero-order valence-electron chi connectivity index (χ0n) is 13.9. The maximum atomic E-state index is 13.3. The first-order valence-electron chi connectivity index (χ1n) is 8.03. The van der Waals surface area contributed by atoms with Crippen molar-refractivity contribution in [1.82, 2.24) is 10.3 Å². The number of halogens is 4. The molecule has 3 rings (SSSR count). The van der Waals surface area contributed by atoms with Gasteiger partial charge in [-0.25, -0.2) is 4.39 Å². The fourth-order valence-corrected chi connectivity index (χ4v) is 2.71. The van der Waals surface area contributed by atoms with Gasteiger partial charge in [0.15, 0.2) is 0 Å². The summed E-state index contributed by atoms with van der Waals surface area (Å²) in [6, 6.07) is 8.70. The highest BCUT2D eigenvalue weighted by Gasteiger charge is 2.33. The van der Waals surface area contributed by atoms with E-state index in [1.54, 1.807) is 24.3 Å². The highest BCUT2D eigenvalue weighted by Crippen LogP contribution is 2.28. The molecule has 2 atom stereocenters. The number of nitrogens with zero attached hydrogens (tertiary/aromatic N) is 2. The number of alkyl halides is 4. The van der Waals surface area contributed by atoms with Gasteiger partial charge in [-0.2, -0.15) is 13.2 Å². The van der Waals surface area contributed by atoms with Crippen molar-refractivity contribution in [3.05, 3.63) is 59.4 Å². The number of nitrogens with one attached hydrogen (secondary N) is 1. The summed E-state index contributed by atoms with van der Waals surface area (Å²) in [7, 11) is 1.48. The first-order chi connectivity index (χ1) is 12.3. The largest absolute Gasteiger partial charge is 0.433 e. The molecule has 26 heavy (non-hydrogen) atoms. The van der Waals surface area contributed by atoms with Crippen LogP contribution in [0, 0.1) is 0 Å². The van der Waals surface area contributed by atoms with Gasteiger partial charge in [0.1, 0.15) is 11.9 Å². The smallest absolute Gasteiger partial charge is 0.311 e. The number of amides is 1. The van der Waals surface area contributed by atoms with Crippen LogP contribution in [0.5, 0.6) is 0 Å². The lowest BCUT2D eigenvalue weighted by atomic mass is 9.96. The minimum absolute atomic E-state index is 0.0992. The number of aromatic nitrogens is 1. The van der Waals surface area contributed by atoms with E-state index in [9.17, 15) is 22.4 Å². The molecule has 0 saturated carbocycles. The van der Waals surface area contributed by atoms with E-state index in [1.807, 2.05) is 0 Å². The van der Waals surface area contributed by atoms with E-state index in [0.717, 1.165) is 17.8 Å². The van der Waals surface area contributed by atoms with Gasteiger partial charge >= 0.3 is 6.18 Å². The first kappa shape index (κ1) is 18.3. The molecule has 1 aromatic carbocycles. The fourth-order valence-electron chi connectivity index (χ4n) is 2.71. The summed E-state index contributed by atoms with van der Waals surface area (Å²) in [6.07, 6.45) is -3.96. The second-order valence-corrected chi connectivity index (χ2v) is 6.19. The lowest BCUT2D eigenvalue weighted by Gasteiger charge is -2.32. The molecule has 138 valence electrons. The van der Waals surface area contributed by atoms with Crippen molar-refractivity contribution in [2.24, 2.45) is 0 Å². The van der Waals surface area contributed by atoms with Crippen LogP contribution in [0.3, 0.4) is 0 Å². The van der Waals surface area contributed by atoms with Crippen LogP contribution in [-0.2, 0) is 12.6 Å². The molecule has 2 heterocycles. The molecule has 0 radical (unpaired) electrons. The van der Waals surface area contributed by atoms with Crippen LogP contribution in [0.15, 0.2) is 42.6 Å². The van der Waals surface area contributed by atoms with E-state index in [2.05, 4.69) is 10.3 Å². The zero-order chi connectivity index (χ0) is 18.9. The lowest BCUT2D eigenvalue weighted by molar-refractivity contribution is -0.141. The monoisotopic (exact) mass is 367 g/mol. The van der Waals surface area contributed by atoms with Crippen LogP contribution in [0.25, 0.3) is 0 Å². The van der Waals surface area contributed by atoms with Crippen LogP contribution in [0.4, 0.5) is 23.2 Å². The number of hydrogen-bond donors (Lipinski definition) is 1. The Morgan fingerprint density at radius 2 is 1.96 bits per heavy atom. The molecule has 8 heteroatoms. The summed E-state index contributed by atoms with van der Waals surface area (Å²) in [5, 5.41) is 3.00. The third-order valence-corrected chi connectivity index (χ3v) is 4.39. The Morgan fingerprint density at radius 1 is 1.27 bits per heavy atom. The molecule has 1 amide bonds. The number of hydrogen-bond acceptors (Lipinski definition) is 3. The minimum Gasteiger partial charge on any atom is -0.311 e. The molecule has 0 spiro atoms. The highest BCUT2D eigenvalue weighted by atomic mass is 19.4.